The summed E-state index contributed by atoms with van der Waals surface area (Å²) in [5, 5.41) is 8.85. The normalized spacial score (nSPS) is 14.6. The molecular weight excluding hydrogens is 160 g/mol. The zero-order chi connectivity index (χ0) is 9.72. The minimum Gasteiger partial charge on any atom is -0.450 e. The molecule has 0 aliphatic heterocycles. The molecule has 0 heterocycles. The highest BCUT2D eigenvalue weighted by Gasteiger charge is 2.21. The van der Waals surface area contributed by atoms with Crippen LogP contribution in [0.3, 0.4) is 0 Å². The van der Waals surface area contributed by atoms with Crippen LogP contribution >= 0.6 is 0 Å². The molecule has 1 N–H and O–H groups in total. The quantitative estimate of drug-likeness (QED) is 0.481. The molecule has 0 aromatic rings. The van der Waals surface area contributed by atoms with Gasteiger partial charge in [0.1, 0.15) is 6.10 Å². The topological polar surface area (TPSA) is 63.6 Å². The first kappa shape index (κ1) is 10.8. The molecule has 68 valence electrons. The number of carbonyl (C=O) groups is 2. The van der Waals surface area contributed by atoms with Gasteiger partial charge in [0.2, 0.25) is 5.78 Å². The van der Waals surface area contributed by atoms with Crippen LogP contribution in [-0.2, 0) is 14.3 Å². The van der Waals surface area contributed by atoms with Gasteiger partial charge in [0.25, 0.3) is 0 Å². The van der Waals surface area contributed by atoms with Gasteiger partial charge >= 0.3 is 5.97 Å². The Labute approximate surface area is 70.8 Å². The molecule has 0 aromatic heterocycles. The predicted octanol–water partition coefficient (Wildman–Crippen LogP) is 0.0540. The fraction of sp³-hybridized carbons (Fsp3) is 0.500. The summed E-state index contributed by atoms with van der Waals surface area (Å²) in [6.07, 6.45) is -1.01. The van der Waals surface area contributed by atoms with Gasteiger partial charge in [-0.3, -0.25) is 9.59 Å². The van der Waals surface area contributed by atoms with Gasteiger partial charge in [0, 0.05) is 6.92 Å². The SMILES string of the molecule is C=CC(OC(C)=O)C(=O)C(C)O. The summed E-state index contributed by atoms with van der Waals surface area (Å²) >= 11 is 0. The van der Waals surface area contributed by atoms with Crippen LogP contribution in [0.15, 0.2) is 12.7 Å². The third kappa shape index (κ3) is 3.30. The number of hydrogen-bond acceptors (Lipinski definition) is 4. The van der Waals surface area contributed by atoms with Crippen molar-refractivity contribution in [2.75, 3.05) is 0 Å². The van der Waals surface area contributed by atoms with Gasteiger partial charge in [-0.25, -0.2) is 0 Å². The molecule has 0 spiro atoms. The molecule has 0 aromatic carbocycles. The molecule has 0 saturated carbocycles. The van der Waals surface area contributed by atoms with Crippen LogP contribution in [0.4, 0.5) is 0 Å². The maximum Gasteiger partial charge on any atom is 0.303 e. The van der Waals surface area contributed by atoms with Crippen molar-refractivity contribution in [2.24, 2.45) is 0 Å². The number of ketones is 1. The fourth-order valence-electron chi connectivity index (χ4n) is 0.639. The largest absolute Gasteiger partial charge is 0.450 e. The van der Waals surface area contributed by atoms with Gasteiger partial charge < -0.3 is 9.84 Å². The van der Waals surface area contributed by atoms with E-state index in [0.29, 0.717) is 0 Å². The average Bonchev–Trinajstić information content (AvgIpc) is 1.98. The summed E-state index contributed by atoms with van der Waals surface area (Å²) in [5.74, 6) is -1.14. The van der Waals surface area contributed by atoms with Crippen LogP contribution in [0.25, 0.3) is 0 Å². The molecule has 2 atom stereocenters. The smallest absolute Gasteiger partial charge is 0.303 e. The van der Waals surface area contributed by atoms with E-state index in [1.54, 1.807) is 0 Å². The predicted molar refractivity (Wildman–Crippen MR) is 42.4 cm³/mol. The third-order valence-corrected chi connectivity index (χ3v) is 1.20. The van der Waals surface area contributed by atoms with E-state index >= 15 is 0 Å². The number of esters is 1. The molecule has 0 radical (unpaired) electrons. The molecule has 2 unspecified atom stereocenters. The number of aliphatic hydroxyl groups excluding tert-OH is 1. The van der Waals surface area contributed by atoms with Crippen molar-refractivity contribution in [2.45, 2.75) is 26.1 Å². The van der Waals surface area contributed by atoms with E-state index in [2.05, 4.69) is 11.3 Å². The Hall–Kier alpha value is -1.16. The lowest BCUT2D eigenvalue weighted by Crippen LogP contribution is -2.32. The van der Waals surface area contributed by atoms with Crippen molar-refractivity contribution in [3.8, 4) is 0 Å². The van der Waals surface area contributed by atoms with Crippen molar-refractivity contribution in [3.63, 3.8) is 0 Å². The second kappa shape index (κ2) is 4.66. The minimum absolute atomic E-state index is 0.569. The standard InChI is InChI=1S/C8H12O4/c1-4-7(12-6(3)10)8(11)5(2)9/h4-5,7,9H,1H2,2-3H3. The summed E-state index contributed by atoms with van der Waals surface area (Å²) in [5.41, 5.74) is 0. The van der Waals surface area contributed by atoms with E-state index in [1.165, 1.54) is 19.9 Å². The second-order valence-electron chi connectivity index (χ2n) is 2.34. The highest BCUT2D eigenvalue weighted by molar-refractivity contribution is 5.90. The van der Waals surface area contributed by atoms with Crippen LogP contribution in [0.2, 0.25) is 0 Å². The lowest BCUT2D eigenvalue weighted by Gasteiger charge is -2.12. The first-order valence-corrected chi connectivity index (χ1v) is 3.50. The molecule has 0 aliphatic rings. The molecule has 0 fully saturated rings. The van der Waals surface area contributed by atoms with Crippen LogP contribution < -0.4 is 0 Å². The lowest BCUT2D eigenvalue weighted by atomic mass is 10.1. The zero-order valence-electron chi connectivity index (χ0n) is 7.11. The van der Waals surface area contributed by atoms with E-state index in [0.717, 1.165) is 0 Å². The summed E-state index contributed by atoms with van der Waals surface area (Å²) in [7, 11) is 0. The molecule has 0 saturated heterocycles. The Kier molecular flexibility index (Phi) is 4.21. The van der Waals surface area contributed by atoms with Crippen molar-refractivity contribution in [1.29, 1.82) is 0 Å². The van der Waals surface area contributed by atoms with Gasteiger partial charge in [-0.15, -0.1) is 0 Å². The van der Waals surface area contributed by atoms with Gasteiger partial charge in [0.05, 0.1) is 0 Å². The summed E-state index contributed by atoms with van der Waals surface area (Å²) in [6.45, 7) is 5.80. The van der Waals surface area contributed by atoms with E-state index in [1.807, 2.05) is 0 Å². The third-order valence-electron chi connectivity index (χ3n) is 1.20. The van der Waals surface area contributed by atoms with Gasteiger partial charge in [-0.2, -0.15) is 0 Å². The van der Waals surface area contributed by atoms with E-state index in [4.69, 9.17) is 5.11 Å². The van der Waals surface area contributed by atoms with Crippen LogP contribution in [0.5, 0.6) is 0 Å². The Balaban J connectivity index is 4.24. The highest BCUT2D eigenvalue weighted by atomic mass is 16.5. The molecule has 0 bridgehead atoms. The number of aliphatic hydroxyl groups is 1. The van der Waals surface area contributed by atoms with Crippen molar-refractivity contribution in [1.82, 2.24) is 0 Å². The molecule has 12 heavy (non-hydrogen) atoms. The Morgan fingerprint density at radius 1 is 1.58 bits per heavy atom. The van der Waals surface area contributed by atoms with Crippen molar-refractivity contribution >= 4 is 11.8 Å². The molecule has 0 amide bonds. The number of hydrogen-bond donors (Lipinski definition) is 1. The van der Waals surface area contributed by atoms with Gasteiger partial charge in [-0.1, -0.05) is 6.58 Å². The number of rotatable bonds is 4. The average molecular weight is 172 g/mol. The number of Topliss-reactive ketones (excluding diaryl/α,β-unsaturated/α-hetero) is 1. The van der Waals surface area contributed by atoms with E-state index < -0.39 is 24.0 Å². The Morgan fingerprint density at radius 3 is 2.33 bits per heavy atom. The lowest BCUT2D eigenvalue weighted by molar-refractivity contribution is -0.152. The molecule has 4 nitrogen and oxygen atoms in total. The molecule has 0 aliphatic carbocycles. The minimum atomic E-state index is -1.15. The van der Waals surface area contributed by atoms with E-state index in [-0.39, 0.29) is 0 Å². The summed E-state index contributed by atoms with van der Waals surface area (Å²) in [4.78, 5) is 21.4. The van der Waals surface area contributed by atoms with Crippen LogP contribution in [-0.4, -0.2) is 29.1 Å². The van der Waals surface area contributed by atoms with Crippen LogP contribution in [0, 0.1) is 0 Å². The van der Waals surface area contributed by atoms with Crippen molar-refractivity contribution < 1.29 is 19.4 Å². The molecule has 4 heteroatoms. The van der Waals surface area contributed by atoms with Crippen molar-refractivity contribution in [3.05, 3.63) is 12.7 Å². The molecular formula is C8H12O4. The first-order valence-electron chi connectivity index (χ1n) is 3.50. The summed E-state index contributed by atoms with van der Waals surface area (Å²) < 4.78 is 4.56. The molecule has 0 rings (SSSR count). The Morgan fingerprint density at radius 2 is 2.08 bits per heavy atom. The zero-order valence-corrected chi connectivity index (χ0v) is 7.11. The Bertz CT molecular complexity index is 195. The maximum atomic E-state index is 11.0. The number of ether oxygens (including phenoxy) is 1. The fourth-order valence-corrected chi connectivity index (χ4v) is 0.639. The monoisotopic (exact) mass is 172 g/mol. The van der Waals surface area contributed by atoms with Gasteiger partial charge in [-0.05, 0) is 13.0 Å². The number of carbonyl (C=O) groups excluding carboxylic acids is 2. The van der Waals surface area contributed by atoms with Gasteiger partial charge in [0.15, 0.2) is 6.10 Å². The summed E-state index contributed by atoms with van der Waals surface area (Å²) in [6, 6.07) is 0. The van der Waals surface area contributed by atoms with Crippen LogP contribution in [0.1, 0.15) is 13.8 Å². The first-order chi connectivity index (χ1) is 5.49. The second-order valence-corrected chi connectivity index (χ2v) is 2.34. The maximum absolute atomic E-state index is 11.0. The highest BCUT2D eigenvalue weighted by Crippen LogP contribution is 1.99. The van der Waals surface area contributed by atoms with E-state index in [9.17, 15) is 9.59 Å².